The van der Waals surface area contributed by atoms with Gasteiger partial charge in [-0.2, -0.15) is 0 Å². The van der Waals surface area contributed by atoms with Gasteiger partial charge in [0.1, 0.15) is 12.1 Å². The van der Waals surface area contributed by atoms with E-state index >= 15 is 0 Å². The van der Waals surface area contributed by atoms with Gasteiger partial charge >= 0.3 is 5.97 Å². The van der Waals surface area contributed by atoms with Crippen LogP contribution in [0.15, 0.2) is 17.4 Å². The minimum Gasteiger partial charge on any atom is -0.444 e. The molecule has 3 heterocycles. The van der Waals surface area contributed by atoms with Gasteiger partial charge in [0.2, 0.25) is 0 Å². The molecule has 6 heteroatoms. The van der Waals surface area contributed by atoms with Crippen LogP contribution in [0.4, 0.5) is 5.82 Å². The Hall–Kier alpha value is -2.24. The van der Waals surface area contributed by atoms with Crippen LogP contribution in [0, 0.1) is 5.41 Å². The topological polar surface area (TPSA) is 67.7 Å². The number of aliphatic imine (C=N–C) groups is 1. The Morgan fingerprint density at radius 3 is 2.86 bits per heavy atom. The number of ether oxygens (including phenoxy) is 1. The molecule has 0 saturated carbocycles. The lowest BCUT2D eigenvalue weighted by molar-refractivity contribution is -0.152. The number of fused-ring (bicyclic) bond motifs is 1. The number of esters is 1. The molecule has 0 saturated heterocycles. The summed E-state index contributed by atoms with van der Waals surface area (Å²) in [5, 5.41) is 0. The number of allylic oxidation sites excluding steroid dienone is 1. The van der Waals surface area contributed by atoms with Crippen LogP contribution in [0.2, 0.25) is 0 Å². The molecule has 0 aromatic carbocycles. The molecule has 0 radical (unpaired) electrons. The Labute approximate surface area is 129 Å². The molecule has 1 aromatic heterocycles. The van der Waals surface area contributed by atoms with Gasteiger partial charge in [0.15, 0.2) is 6.73 Å². The van der Waals surface area contributed by atoms with Gasteiger partial charge in [-0.05, 0) is 27.2 Å². The van der Waals surface area contributed by atoms with Crippen molar-refractivity contribution < 1.29 is 9.53 Å². The van der Waals surface area contributed by atoms with Gasteiger partial charge in [-0.25, -0.2) is 9.97 Å². The summed E-state index contributed by atoms with van der Waals surface area (Å²) in [6.45, 7) is 7.26. The van der Waals surface area contributed by atoms with Gasteiger partial charge in [-0.3, -0.25) is 9.79 Å². The van der Waals surface area contributed by atoms with Crippen molar-refractivity contribution in [3.05, 3.63) is 23.7 Å². The van der Waals surface area contributed by atoms with Crippen molar-refractivity contribution in [1.82, 2.24) is 9.97 Å². The summed E-state index contributed by atoms with van der Waals surface area (Å²) in [6, 6.07) is 0. The Kier molecular flexibility index (Phi) is 3.68. The van der Waals surface area contributed by atoms with Crippen LogP contribution in [-0.4, -0.2) is 42.0 Å². The second kappa shape index (κ2) is 5.51. The highest BCUT2D eigenvalue weighted by Gasteiger charge is 2.28. The highest BCUT2D eigenvalue weighted by atomic mass is 16.5. The summed E-state index contributed by atoms with van der Waals surface area (Å²) < 4.78 is 5.40. The van der Waals surface area contributed by atoms with Crippen LogP contribution < -0.4 is 4.90 Å². The second-order valence-corrected chi connectivity index (χ2v) is 6.50. The van der Waals surface area contributed by atoms with Crippen molar-refractivity contribution in [3.8, 4) is 0 Å². The summed E-state index contributed by atoms with van der Waals surface area (Å²) in [4.78, 5) is 26.9. The number of carbonyl (C=O) groups excluding carboxylic acids is 1. The lowest BCUT2D eigenvalue weighted by atomic mass is 9.98. The maximum Gasteiger partial charge on any atom is 0.312 e. The molecule has 0 bridgehead atoms. The molecule has 22 heavy (non-hydrogen) atoms. The van der Waals surface area contributed by atoms with E-state index in [4.69, 9.17) is 4.74 Å². The zero-order valence-corrected chi connectivity index (χ0v) is 13.2. The van der Waals surface area contributed by atoms with E-state index in [0.29, 0.717) is 6.54 Å². The molecule has 0 spiro atoms. The fourth-order valence-electron chi connectivity index (χ4n) is 2.50. The molecule has 0 amide bonds. The Bertz CT molecular complexity index is 659. The fraction of sp³-hybridized carbons (Fsp3) is 0.500. The summed E-state index contributed by atoms with van der Waals surface area (Å²) in [6.07, 6.45) is 6.32. The zero-order valence-electron chi connectivity index (χ0n) is 13.2. The van der Waals surface area contributed by atoms with Crippen molar-refractivity contribution in [2.75, 3.05) is 24.7 Å². The van der Waals surface area contributed by atoms with E-state index in [1.165, 1.54) is 0 Å². The van der Waals surface area contributed by atoms with Crippen LogP contribution in [0.25, 0.3) is 5.57 Å². The Morgan fingerprint density at radius 2 is 2.18 bits per heavy atom. The molecule has 6 nitrogen and oxygen atoms in total. The van der Waals surface area contributed by atoms with E-state index in [1.54, 1.807) is 6.33 Å². The van der Waals surface area contributed by atoms with Gasteiger partial charge in [-0.15, -0.1) is 0 Å². The van der Waals surface area contributed by atoms with Gasteiger partial charge in [0.25, 0.3) is 0 Å². The predicted octanol–water partition coefficient (Wildman–Crippen LogP) is 1.85. The molecule has 1 aromatic rings. The van der Waals surface area contributed by atoms with Crippen LogP contribution in [-0.2, 0) is 16.0 Å². The van der Waals surface area contributed by atoms with E-state index in [2.05, 4.69) is 21.0 Å². The standard InChI is InChI=1S/C16H20N4O2/c1-16(2,3)15(21)22-10-20-7-5-12-13(11-4-6-17-8-11)18-9-19-14(12)20/h4,8-9H,5-7,10H2,1-3H3. The molecule has 2 aliphatic heterocycles. The lowest BCUT2D eigenvalue weighted by Gasteiger charge is -2.22. The van der Waals surface area contributed by atoms with Crippen molar-refractivity contribution in [3.63, 3.8) is 0 Å². The first-order chi connectivity index (χ1) is 10.5. The van der Waals surface area contributed by atoms with Gasteiger partial charge in [-0.1, -0.05) is 6.08 Å². The summed E-state index contributed by atoms with van der Waals surface area (Å²) in [5.41, 5.74) is 2.60. The van der Waals surface area contributed by atoms with E-state index in [0.717, 1.165) is 35.6 Å². The first kappa shape index (κ1) is 14.7. The molecular weight excluding hydrogens is 280 g/mol. The van der Waals surface area contributed by atoms with Crippen molar-refractivity contribution >= 4 is 23.6 Å². The van der Waals surface area contributed by atoms with Crippen molar-refractivity contribution in [2.45, 2.75) is 27.2 Å². The van der Waals surface area contributed by atoms with Gasteiger partial charge in [0, 0.05) is 23.9 Å². The molecule has 3 rings (SSSR count). The number of hydrogen-bond acceptors (Lipinski definition) is 6. The monoisotopic (exact) mass is 300 g/mol. The first-order valence-electron chi connectivity index (χ1n) is 7.43. The maximum absolute atomic E-state index is 11.9. The first-order valence-corrected chi connectivity index (χ1v) is 7.43. The van der Waals surface area contributed by atoms with Gasteiger partial charge < -0.3 is 9.64 Å². The second-order valence-electron chi connectivity index (χ2n) is 6.50. The molecule has 116 valence electrons. The highest BCUT2D eigenvalue weighted by molar-refractivity contribution is 6.11. The number of rotatable bonds is 3. The third-order valence-electron chi connectivity index (χ3n) is 3.74. The normalized spacial score (nSPS) is 16.7. The summed E-state index contributed by atoms with van der Waals surface area (Å²) >= 11 is 0. The number of hydrogen-bond donors (Lipinski definition) is 0. The number of aromatic nitrogens is 2. The number of anilines is 1. The predicted molar refractivity (Wildman–Crippen MR) is 84.8 cm³/mol. The average Bonchev–Trinajstić information content (AvgIpc) is 3.13. The SMILES string of the molecule is CC(C)(C)C(=O)OCN1CCc2c(C3=CCN=C3)ncnc21. The largest absolute Gasteiger partial charge is 0.444 e. The van der Waals surface area contributed by atoms with Crippen LogP contribution in [0.5, 0.6) is 0 Å². The molecule has 0 atom stereocenters. The molecule has 0 unspecified atom stereocenters. The third-order valence-corrected chi connectivity index (χ3v) is 3.74. The minimum atomic E-state index is -0.496. The van der Waals surface area contributed by atoms with Crippen molar-refractivity contribution in [1.29, 1.82) is 0 Å². The number of carbonyl (C=O) groups is 1. The maximum atomic E-state index is 11.9. The lowest BCUT2D eigenvalue weighted by Crippen LogP contribution is -2.31. The van der Waals surface area contributed by atoms with E-state index in [1.807, 2.05) is 31.9 Å². The highest BCUT2D eigenvalue weighted by Crippen LogP contribution is 2.31. The molecule has 0 N–H and O–H groups in total. The van der Waals surface area contributed by atoms with Crippen molar-refractivity contribution in [2.24, 2.45) is 10.4 Å². The average molecular weight is 300 g/mol. The molecule has 0 fully saturated rings. The molecular formula is C16H20N4O2. The van der Waals surface area contributed by atoms with Crippen LogP contribution in [0.1, 0.15) is 32.0 Å². The van der Waals surface area contributed by atoms with Gasteiger partial charge in [0.05, 0.1) is 17.7 Å². The number of nitrogens with zero attached hydrogens (tertiary/aromatic N) is 4. The zero-order chi connectivity index (χ0) is 15.7. The van der Waals surface area contributed by atoms with E-state index in [-0.39, 0.29) is 12.7 Å². The summed E-state index contributed by atoms with van der Waals surface area (Å²) in [7, 11) is 0. The minimum absolute atomic E-state index is 0.208. The third kappa shape index (κ3) is 2.73. The molecule has 0 aliphatic carbocycles. The molecule has 2 aliphatic rings. The summed E-state index contributed by atoms with van der Waals surface area (Å²) in [5.74, 6) is 0.647. The van der Waals surface area contributed by atoms with Crippen LogP contribution >= 0.6 is 0 Å². The van der Waals surface area contributed by atoms with E-state index < -0.39 is 5.41 Å². The Morgan fingerprint density at radius 1 is 1.36 bits per heavy atom. The van der Waals surface area contributed by atoms with E-state index in [9.17, 15) is 4.79 Å². The van der Waals surface area contributed by atoms with Crippen LogP contribution in [0.3, 0.4) is 0 Å². The smallest absolute Gasteiger partial charge is 0.312 e. The fourth-order valence-corrected chi connectivity index (χ4v) is 2.50. The quantitative estimate of drug-likeness (QED) is 0.797. The Balaban J connectivity index is 1.77.